The molecular formula is C69H112O26. The summed E-state index contributed by atoms with van der Waals surface area (Å²) in [6, 6.07) is 0. The Morgan fingerprint density at radius 1 is 0.474 bits per heavy atom. The van der Waals surface area contributed by atoms with Gasteiger partial charge in [0.25, 0.3) is 0 Å². The molecule has 0 N–H and O–H groups in total. The molecule has 544 valence electrons. The quantitative estimate of drug-likeness (QED) is 0.0761. The number of cyclic esters (lactones) is 6. The van der Waals surface area contributed by atoms with Gasteiger partial charge in [-0.1, -0.05) is 55.4 Å². The van der Waals surface area contributed by atoms with Gasteiger partial charge in [0, 0.05) is 31.6 Å². The number of carbonyl (C=O) groups is 13. The minimum absolute atomic E-state index is 0.0494. The lowest BCUT2D eigenvalue weighted by molar-refractivity contribution is -0.188. The summed E-state index contributed by atoms with van der Waals surface area (Å²) in [7, 11) is 0. The zero-order chi connectivity index (χ0) is 73.7. The zero-order valence-corrected chi connectivity index (χ0v) is 61.1. The van der Waals surface area contributed by atoms with E-state index in [0.29, 0.717) is 71.2 Å². The maximum Gasteiger partial charge on any atom is 0.351 e. The molecule has 0 amide bonds. The summed E-state index contributed by atoms with van der Waals surface area (Å²) in [5, 5.41) is 0. The van der Waals surface area contributed by atoms with E-state index in [1.54, 1.807) is 55.4 Å². The van der Waals surface area contributed by atoms with Crippen molar-refractivity contribution < 1.29 is 124 Å². The number of carbonyl (C=O) groups excluding carboxylic acids is 13. The van der Waals surface area contributed by atoms with E-state index >= 15 is 0 Å². The van der Waals surface area contributed by atoms with Gasteiger partial charge in [0.1, 0.15) is 23.9 Å². The van der Waals surface area contributed by atoms with Crippen molar-refractivity contribution in [3.8, 4) is 0 Å². The van der Waals surface area contributed by atoms with E-state index < -0.39 is 97.7 Å². The zero-order valence-electron chi connectivity index (χ0n) is 61.1. The molecule has 6 saturated heterocycles. The van der Waals surface area contributed by atoms with Crippen LogP contribution in [0.25, 0.3) is 0 Å². The third-order valence-electron chi connectivity index (χ3n) is 17.6. The fourth-order valence-electron chi connectivity index (χ4n) is 8.01. The number of esters is 13. The van der Waals surface area contributed by atoms with Crippen molar-refractivity contribution >= 4 is 77.6 Å². The topological polar surface area (TPSA) is 342 Å². The maximum atomic E-state index is 12.0. The summed E-state index contributed by atoms with van der Waals surface area (Å²) in [6.45, 7) is 44.4. The molecule has 0 radical (unpaired) electrons. The highest BCUT2D eigenvalue weighted by molar-refractivity contribution is 5.89. The number of ether oxygens (including phenoxy) is 13. The van der Waals surface area contributed by atoms with Crippen molar-refractivity contribution in [2.45, 2.75) is 290 Å². The molecule has 26 heteroatoms. The highest BCUT2D eigenvalue weighted by Crippen LogP contribution is 2.39. The van der Waals surface area contributed by atoms with Crippen molar-refractivity contribution in [3.05, 3.63) is 0 Å². The lowest BCUT2D eigenvalue weighted by atomic mass is 9.87. The second-order valence-corrected chi connectivity index (χ2v) is 29.2. The Morgan fingerprint density at radius 2 is 0.884 bits per heavy atom. The van der Waals surface area contributed by atoms with Crippen LogP contribution in [0.15, 0.2) is 0 Å². The second-order valence-electron chi connectivity index (χ2n) is 29.2. The third kappa shape index (κ3) is 26.9. The number of hydrogen-bond acceptors (Lipinski definition) is 26. The lowest BCUT2D eigenvalue weighted by Gasteiger charge is -2.33. The van der Waals surface area contributed by atoms with Crippen LogP contribution in [0.2, 0.25) is 0 Å². The molecule has 0 spiro atoms. The molecule has 0 bridgehead atoms. The van der Waals surface area contributed by atoms with E-state index in [0.717, 1.165) is 19.3 Å². The van der Waals surface area contributed by atoms with E-state index in [1.165, 1.54) is 13.8 Å². The molecule has 6 fully saturated rings. The van der Waals surface area contributed by atoms with Crippen LogP contribution in [-0.4, -0.2) is 157 Å². The van der Waals surface area contributed by atoms with E-state index in [9.17, 15) is 62.3 Å². The smallest absolute Gasteiger partial charge is 0.351 e. The summed E-state index contributed by atoms with van der Waals surface area (Å²) in [4.78, 5) is 149. The van der Waals surface area contributed by atoms with Crippen LogP contribution < -0.4 is 0 Å². The Labute approximate surface area is 561 Å². The largest absolute Gasteiger partial charge is 0.465 e. The van der Waals surface area contributed by atoms with E-state index in [-0.39, 0.29) is 85.3 Å². The third-order valence-corrected chi connectivity index (χ3v) is 17.6. The van der Waals surface area contributed by atoms with Crippen molar-refractivity contribution in [1.82, 2.24) is 0 Å². The Balaban J connectivity index is 0.000000573. The fourth-order valence-corrected chi connectivity index (χ4v) is 8.01. The normalized spacial score (nSPS) is 23.5. The van der Waals surface area contributed by atoms with E-state index in [1.807, 2.05) is 96.9 Å². The molecule has 6 rings (SSSR count). The summed E-state index contributed by atoms with van der Waals surface area (Å²) < 4.78 is 65.4. The summed E-state index contributed by atoms with van der Waals surface area (Å²) in [5.74, 6) is -5.37. The first kappa shape index (κ1) is 86.1. The summed E-state index contributed by atoms with van der Waals surface area (Å²) >= 11 is 0. The van der Waals surface area contributed by atoms with Crippen LogP contribution in [0.5, 0.6) is 0 Å². The monoisotopic (exact) mass is 1360 g/mol. The molecule has 26 nitrogen and oxygen atoms in total. The summed E-state index contributed by atoms with van der Waals surface area (Å²) in [5.41, 5.74) is -7.17. The molecule has 0 aromatic carbocycles. The van der Waals surface area contributed by atoms with Gasteiger partial charge in [-0.15, -0.1) is 0 Å². The minimum atomic E-state index is -1.44. The van der Waals surface area contributed by atoms with E-state index in [2.05, 4.69) is 9.47 Å². The van der Waals surface area contributed by atoms with Gasteiger partial charge < -0.3 is 61.6 Å². The second kappa shape index (κ2) is 35.9. The molecule has 6 heterocycles. The molecule has 8 unspecified atom stereocenters. The molecule has 8 atom stereocenters. The predicted octanol–water partition coefficient (Wildman–Crippen LogP) is 9.81. The van der Waals surface area contributed by atoms with Crippen LogP contribution in [0.1, 0.15) is 243 Å². The van der Waals surface area contributed by atoms with Crippen molar-refractivity contribution in [2.24, 2.45) is 39.4 Å². The first-order valence-electron chi connectivity index (χ1n) is 33.0. The van der Waals surface area contributed by atoms with Gasteiger partial charge in [0.05, 0.1) is 72.8 Å². The lowest BCUT2D eigenvalue weighted by Crippen LogP contribution is -2.44. The van der Waals surface area contributed by atoms with Gasteiger partial charge >= 0.3 is 77.6 Å². The van der Waals surface area contributed by atoms with Gasteiger partial charge in [0.2, 0.25) is 29.0 Å². The Bertz CT molecular complexity index is 2700. The average Bonchev–Trinajstić information content (AvgIpc) is 1.67. The van der Waals surface area contributed by atoms with Gasteiger partial charge in [0.15, 0.2) is 0 Å². The van der Waals surface area contributed by atoms with E-state index in [4.69, 9.17) is 52.1 Å². The molecule has 6 aliphatic heterocycles. The highest BCUT2D eigenvalue weighted by atomic mass is 16.7. The van der Waals surface area contributed by atoms with Crippen LogP contribution in [0, 0.1) is 39.4 Å². The van der Waals surface area contributed by atoms with Gasteiger partial charge in [-0.3, -0.25) is 38.4 Å². The van der Waals surface area contributed by atoms with Crippen molar-refractivity contribution in [2.75, 3.05) is 33.0 Å². The van der Waals surface area contributed by atoms with Gasteiger partial charge in [-0.2, -0.15) is 0 Å². The first-order chi connectivity index (χ1) is 43.4. The Hall–Kier alpha value is -6.89. The molecular weight excluding hydrogens is 1240 g/mol. The molecule has 0 aliphatic carbocycles. The Morgan fingerprint density at radius 3 is 1.24 bits per heavy atom. The SMILES string of the molecule is CCC(C)(C)C(=O)OC(C)(C)C(=O)OC1CCOC1=O.CCC(C)(C)C(=O)OC(C)(C)C1COC(=O)C1.CCC(C)(C)C(=O)OC1(C)CC(C)(C)OC1=O.CCC(C)(C)C(=O)OC1(C)CCOC1=O.CCC(C)C(=O)OC1CCOC1=O.CCC(C)C(=O)OC1COC(=O)C1. The molecule has 0 saturated carbocycles. The number of rotatable bonds is 21. The fraction of sp³-hybridized carbons (Fsp3) is 0.812. The minimum Gasteiger partial charge on any atom is -0.465 e. The van der Waals surface area contributed by atoms with Crippen molar-refractivity contribution in [1.29, 1.82) is 0 Å². The van der Waals surface area contributed by atoms with Crippen LogP contribution in [0.4, 0.5) is 0 Å². The highest BCUT2D eigenvalue weighted by Gasteiger charge is 2.54. The Kier molecular flexibility index (Phi) is 32.6. The predicted molar refractivity (Wildman–Crippen MR) is 340 cm³/mol. The van der Waals surface area contributed by atoms with Gasteiger partial charge in [-0.25, -0.2) is 24.0 Å². The first-order valence-corrected chi connectivity index (χ1v) is 33.0. The molecule has 6 aliphatic rings. The molecule has 0 aromatic heterocycles. The summed E-state index contributed by atoms with van der Waals surface area (Å²) in [6.07, 6.45) is 4.37. The van der Waals surface area contributed by atoms with Crippen LogP contribution >= 0.6 is 0 Å². The van der Waals surface area contributed by atoms with Gasteiger partial charge in [-0.05, 0) is 149 Å². The molecule has 0 aromatic rings. The molecule has 95 heavy (non-hydrogen) atoms. The van der Waals surface area contributed by atoms with Crippen molar-refractivity contribution in [3.63, 3.8) is 0 Å². The van der Waals surface area contributed by atoms with Crippen LogP contribution in [0.3, 0.4) is 0 Å². The van der Waals surface area contributed by atoms with Crippen LogP contribution in [-0.2, 0) is 124 Å². The average molecular weight is 1360 g/mol. The maximum absolute atomic E-state index is 12.0. The number of hydrogen-bond donors (Lipinski definition) is 0. The standard InChI is InChI=1S/C14H22O6.2C13H22O4.C11H18O4.2C9H14O4/c1-6-13(2,3)11(16)20-14(4,5)12(17)19-9-7-8-18-10(9)15;1-7-11(2,3)9(14)17-13(6)8-12(4,5)16-10(13)15;1-6-12(2,3)11(15)17-13(4,5)9-7-10(14)16-8-9;1-5-10(2,3)8(12)15-11(4)6-7-14-9(11)13;1-3-6(2)9(11)13-7-4-8(10)12-5-7;1-3-6(2)8(10)13-7-4-5-12-9(7)11/h9H,6-8H2,1-5H3;7-8H2,1-6H3;9H,6-8H2,1-5H3;5-7H2,1-4H3;2*6-7H,3-5H2,1-2H3.